The van der Waals surface area contributed by atoms with Gasteiger partial charge in [-0.3, -0.25) is 9.48 Å². The van der Waals surface area contributed by atoms with Crippen LogP contribution >= 0.6 is 0 Å². The Labute approximate surface area is 139 Å². The van der Waals surface area contributed by atoms with E-state index in [2.05, 4.69) is 10.4 Å². The molecule has 2 atom stereocenters. The molecule has 7 heteroatoms. The molecule has 0 saturated carbocycles. The minimum atomic E-state index is -0.586. The van der Waals surface area contributed by atoms with Crippen LogP contribution in [-0.2, 0) is 17.8 Å². The van der Waals surface area contributed by atoms with Crippen molar-refractivity contribution in [1.29, 1.82) is 0 Å². The number of aromatic nitrogens is 2. The molecule has 2 aliphatic rings. The summed E-state index contributed by atoms with van der Waals surface area (Å²) in [6.07, 6.45) is 2.88. The maximum Gasteiger partial charge on any atom is 0.261 e. The number of amides is 1. The predicted octanol–water partition coefficient (Wildman–Crippen LogP) is 1.51. The van der Waals surface area contributed by atoms with Crippen LogP contribution in [0.1, 0.15) is 19.0 Å². The number of nitrogens with one attached hydrogen (secondary N) is 1. The van der Waals surface area contributed by atoms with Crippen LogP contribution in [0.25, 0.3) is 0 Å². The second-order valence-corrected chi connectivity index (χ2v) is 6.02. The van der Waals surface area contributed by atoms with E-state index in [-0.39, 0.29) is 18.7 Å². The molecule has 0 bridgehead atoms. The van der Waals surface area contributed by atoms with Gasteiger partial charge in [-0.15, -0.1) is 0 Å². The fourth-order valence-electron chi connectivity index (χ4n) is 3.02. The summed E-state index contributed by atoms with van der Waals surface area (Å²) in [5, 5.41) is 7.31. The first kappa shape index (κ1) is 14.9. The number of carbonyl (C=O) groups excluding carboxylic acids is 1. The van der Waals surface area contributed by atoms with Crippen molar-refractivity contribution in [2.45, 2.75) is 38.5 Å². The monoisotopic (exact) mass is 329 g/mol. The molecule has 24 heavy (non-hydrogen) atoms. The molecule has 2 aromatic rings. The molecule has 4 rings (SSSR count). The lowest BCUT2D eigenvalue weighted by Crippen LogP contribution is -2.45. The summed E-state index contributed by atoms with van der Waals surface area (Å²) in [4.78, 5) is 12.4. The second kappa shape index (κ2) is 6.07. The van der Waals surface area contributed by atoms with Crippen molar-refractivity contribution in [3.63, 3.8) is 0 Å². The summed E-state index contributed by atoms with van der Waals surface area (Å²) in [7, 11) is 0. The van der Waals surface area contributed by atoms with Gasteiger partial charge in [0.25, 0.3) is 5.91 Å². The number of rotatable bonds is 4. The molecule has 1 N–H and O–H groups in total. The Morgan fingerprint density at radius 1 is 1.38 bits per heavy atom. The van der Waals surface area contributed by atoms with Gasteiger partial charge in [-0.2, -0.15) is 5.10 Å². The smallest absolute Gasteiger partial charge is 0.261 e. The van der Waals surface area contributed by atoms with Gasteiger partial charge in [0.15, 0.2) is 17.6 Å². The number of ether oxygens (including phenoxy) is 3. The Kier molecular flexibility index (Phi) is 3.76. The van der Waals surface area contributed by atoms with Gasteiger partial charge >= 0.3 is 0 Å². The molecule has 126 valence electrons. The highest BCUT2D eigenvalue weighted by atomic mass is 16.7. The van der Waals surface area contributed by atoms with Crippen LogP contribution in [0.5, 0.6) is 17.2 Å². The van der Waals surface area contributed by atoms with Gasteiger partial charge in [0, 0.05) is 37.0 Å². The minimum absolute atomic E-state index is 0.115. The third kappa shape index (κ3) is 2.89. The normalized spacial score (nSPS) is 19.5. The van der Waals surface area contributed by atoms with E-state index in [1.165, 1.54) is 0 Å². The molecule has 2 aliphatic heterocycles. The highest BCUT2D eigenvalue weighted by Gasteiger charge is 2.24. The van der Waals surface area contributed by atoms with Crippen LogP contribution in [0.4, 0.5) is 0 Å². The van der Waals surface area contributed by atoms with E-state index in [0.29, 0.717) is 17.2 Å². The Bertz CT molecular complexity index is 758. The number of benzene rings is 1. The zero-order valence-electron chi connectivity index (χ0n) is 13.4. The standard InChI is InChI=1S/C17H19N3O4/c1-11(24-14-2-3-15-16(9-14)23-10-22-15)17(21)19-12-5-7-20-13(8-12)4-6-18-20/h2-4,6,9,11-12H,5,7-8,10H2,1H3,(H,19,21)/t11-,12-/m0/s1. The van der Waals surface area contributed by atoms with Crippen molar-refractivity contribution in [2.24, 2.45) is 0 Å². The van der Waals surface area contributed by atoms with Crippen molar-refractivity contribution in [3.8, 4) is 17.2 Å². The Balaban J connectivity index is 1.35. The van der Waals surface area contributed by atoms with E-state index < -0.39 is 6.10 Å². The van der Waals surface area contributed by atoms with Crippen LogP contribution in [0.3, 0.4) is 0 Å². The first-order valence-electron chi connectivity index (χ1n) is 8.06. The van der Waals surface area contributed by atoms with E-state index >= 15 is 0 Å². The third-order valence-corrected chi connectivity index (χ3v) is 4.32. The predicted molar refractivity (Wildman–Crippen MR) is 85.1 cm³/mol. The van der Waals surface area contributed by atoms with E-state index in [1.54, 1.807) is 31.3 Å². The first-order valence-corrected chi connectivity index (χ1v) is 8.06. The van der Waals surface area contributed by atoms with Crippen LogP contribution in [0.15, 0.2) is 30.5 Å². The highest BCUT2D eigenvalue weighted by molar-refractivity contribution is 5.81. The van der Waals surface area contributed by atoms with Crippen molar-refractivity contribution in [2.75, 3.05) is 6.79 Å². The Hall–Kier alpha value is -2.70. The van der Waals surface area contributed by atoms with E-state index in [9.17, 15) is 4.79 Å². The Morgan fingerprint density at radius 3 is 3.17 bits per heavy atom. The van der Waals surface area contributed by atoms with Crippen molar-refractivity contribution >= 4 is 5.91 Å². The summed E-state index contributed by atoms with van der Waals surface area (Å²) in [6.45, 7) is 2.78. The quantitative estimate of drug-likeness (QED) is 0.920. The van der Waals surface area contributed by atoms with Crippen LogP contribution in [0, 0.1) is 0 Å². The summed E-state index contributed by atoms with van der Waals surface area (Å²) >= 11 is 0. The maximum atomic E-state index is 12.4. The molecule has 0 saturated heterocycles. The second-order valence-electron chi connectivity index (χ2n) is 6.02. The van der Waals surface area contributed by atoms with Gasteiger partial charge in [-0.25, -0.2) is 0 Å². The SMILES string of the molecule is C[C@H](Oc1ccc2c(c1)OCO2)C(=O)N[C@H]1CCn2nccc2C1. The topological polar surface area (TPSA) is 74.6 Å². The molecule has 7 nitrogen and oxygen atoms in total. The number of nitrogens with zero attached hydrogens (tertiary/aromatic N) is 2. The molecule has 3 heterocycles. The van der Waals surface area contributed by atoms with Gasteiger partial charge in [0.1, 0.15) is 5.75 Å². The molecule has 1 aromatic heterocycles. The molecule has 1 aromatic carbocycles. The molecular formula is C17H19N3O4. The molecule has 0 fully saturated rings. The number of carbonyl (C=O) groups is 1. The van der Waals surface area contributed by atoms with E-state index in [4.69, 9.17) is 14.2 Å². The molecule has 0 radical (unpaired) electrons. The lowest BCUT2D eigenvalue weighted by atomic mass is 10.0. The summed E-state index contributed by atoms with van der Waals surface area (Å²) in [5.74, 6) is 1.80. The van der Waals surface area contributed by atoms with E-state index in [0.717, 1.165) is 25.1 Å². The molecule has 0 aliphatic carbocycles. The maximum absolute atomic E-state index is 12.4. The average Bonchev–Trinajstić information content (AvgIpc) is 3.22. The number of hydrogen-bond donors (Lipinski definition) is 1. The zero-order valence-corrected chi connectivity index (χ0v) is 13.4. The summed E-state index contributed by atoms with van der Waals surface area (Å²) < 4.78 is 18.3. The van der Waals surface area contributed by atoms with Crippen molar-refractivity contribution in [1.82, 2.24) is 15.1 Å². The molecular weight excluding hydrogens is 310 g/mol. The largest absolute Gasteiger partial charge is 0.481 e. The van der Waals surface area contributed by atoms with Crippen molar-refractivity contribution < 1.29 is 19.0 Å². The van der Waals surface area contributed by atoms with Crippen LogP contribution < -0.4 is 19.5 Å². The highest BCUT2D eigenvalue weighted by Crippen LogP contribution is 2.35. The van der Waals surface area contributed by atoms with Gasteiger partial charge in [0.2, 0.25) is 6.79 Å². The van der Waals surface area contributed by atoms with E-state index in [1.807, 2.05) is 10.7 Å². The third-order valence-electron chi connectivity index (χ3n) is 4.32. The first-order chi connectivity index (χ1) is 11.7. The molecule has 0 spiro atoms. The fourth-order valence-corrected chi connectivity index (χ4v) is 3.02. The van der Waals surface area contributed by atoms with Crippen molar-refractivity contribution in [3.05, 3.63) is 36.2 Å². The molecule has 1 amide bonds. The minimum Gasteiger partial charge on any atom is -0.481 e. The summed E-state index contributed by atoms with van der Waals surface area (Å²) in [5.41, 5.74) is 1.15. The van der Waals surface area contributed by atoms with Crippen LogP contribution in [0.2, 0.25) is 0 Å². The van der Waals surface area contributed by atoms with Gasteiger partial charge in [-0.05, 0) is 31.5 Å². The number of aryl methyl sites for hydroxylation is 1. The van der Waals surface area contributed by atoms with Crippen LogP contribution in [-0.4, -0.2) is 34.6 Å². The van der Waals surface area contributed by atoms with Gasteiger partial charge in [0.05, 0.1) is 0 Å². The fraction of sp³-hybridized carbons (Fsp3) is 0.412. The Morgan fingerprint density at radius 2 is 2.25 bits per heavy atom. The number of fused-ring (bicyclic) bond motifs is 2. The lowest BCUT2D eigenvalue weighted by Gasteiger charge is -2.25. The van der Waals surface area contributed by atoms with Gasteiger partial charge < -0.3 is 19.5 Å². The zero-order chi connectivity index (χ0) is 16.5. The number of hydrogen-bond acceptors (Lipinski definition) is 5. The average molecular weight is 329 g/mol. The van der Waals surface area contributed by atoms with Gasteiger partial charge in [-0.1, -0.05) is 0 Å². The summed E-state index contributed by atoms with van der Waals surface area (Å²) in [6, 6.07) is 7.40. The lowest BCUT2D eigenvalue weighted by molar-refractivity contribution is -0.128. The molecule has 0 unspecified atom stereocenters.